The number of aryl methyl sites for hydroxylation is 2. The summed E-state index contributed by atoms with van der Waals surface area (Å²) in [5, 5.41) is 0. The van der Waals surface area contributed by atoms with Gasteiger partial charge in [-0.3, -0.25) is 4.57 Å². The van der Waals surface area contributed by atoms with Gasteiger partial charge in [-0.1, -0.05) is 6.92 Å². The lowest BCUT2D eigenvalue weighted by Crippen LogP contribution is -2.07. The van der Waals surface area contributed by atoms with Crippen molar-refractivity contribution in [3.8, 4) is 11.4 Å². The van der Waals surface area contributed by atoms with Crippen LogP contribution in [0.15, 0.2) is 18.2 Å². The van der Waals surface area contributed by atoms with Crippen LogP contribution in [0.1, 0.15) is 24.9 Å². The van der Waals surface area contributed by atoms with Gasteiger partial charge in [-0.15, -0.1) is 0 Å². The van der Waals surface area contributed by atoms with Crippen LogP contribution in [0.5, 0.6) is 5.75 Å². The molecule has 4 N–H and O–H groups in total. The van der Waals surface area contributed by atoms with Crippen LogP contribution in [0.2, 0.25) is 0 Å². The molecule has 19 heavy (non-hydrogen) atoms. The number of methoxy groups -OCH3 is 1. The third kappa shape index (κ3) is 2.36. The van der Waals surface area contributed by atoms with Gasteiger partial charge in [0.2, 0.25) is 0 Å². The van der Waals surface area contributed by atoms with E-state index in [0.29, 0.717) is 11.5 Å². The molecule has 0 saturated heterocycles. The maximum atomic E-state index is 6.12. The molecule has 0 amide bonds. The molecule has 0 aliphatic heterocycles. The van der Waals surface area contributed by atoms with Crippen molar-refractivity contribution in [3.05, 3.63) is 29.7 Å². The summed E-state index contributed by atoms with van der Waals surface area (Å²) in [7, 11) is 1.62. The van der Waals surface area contributed by atoms with Crippen LogP contribution in [-0.4, -0.2) is 16.7 Å². The highest BCUT2D eigenvalue weighted by Crippen LogP contribution is 2.28. The quantitative estimate of drug-likeness (QED) is 0.827. The zero-order valence-electron chi connectivity index (χ0n) is 11.6. The Labute approximate surface area is 113 Å². The molecular formula is C14H20N4O. The van der Waals surface area contributed by atoms with Gasteiger partial charge in [0.05, 0.1) is 24.2 Å². The van der Waals surface area contributed by atoms with Crippen molar-refractivity contribution in [2.45, 2.75) is 26.7 Å². The van der Waals surface area contributed by atoms with Gasteiger partial charge in [0.1, 0.15) is 17.4 Å². The lowest BCUT2D eigenvalue weighted by atomic mass is 10.2. The molecule has 1 aromatic carbocycles. The first-order valence-corrected chi connectivity index (χ1v) is 6.36. The highest BCUT2D eigenvalue weighted by atomic mass is 16.5. The maximum absolute atomic E-state index is 6.12. The summed E-state index contributed by atoms with van der Waals surface area (Å²) < 4.78 is 7.09. The molecule has 0 aliphatic rings. The van der Waals surface area contributed by atoms with Crippen LogP contribution in [0.3, 0.4) is 0 Å². The SMILES string of the molecule is CCCc1nc(C)c(N)n1-c1ccc(OC)cc1N. The second-order valence-electron chi connectivity index (χ2n) is 4.51. The Kier molecular flexibility index (Phi) is 3.64. The Morgan fingerprint density at radius 1 is 1.32 bits per heavy atom. The minimum Gasteiger partial charge on any atom is -0.497 e. The molecule has 2 rings (SSSR count). The van der Waals surface area contributed by atoms with Gasteiger partial charge < -0.3 is 16.2 Å². The standard InChI is InChI=1S/C14H20N4O/c1-4-5-13-17-9(2)14(16)18(13)12-7-6-10(19-3)8-11(12)15/h6-8H,4-5,15-16H2,1-3H3. The zero-order valence-corrected chi connectivity index (χ0v) is 11.6. The molecule has 0 bridgehead atoms. The highest BCUT2D eigenvalue weighted by Gasteiger charge is 2.15. The number of hydrogen-bond acceptors (Lipinski definition) is 4. The van der Waals surface area contributed by atoms with Gasteiger partial charge in [0.25, 0.3) is 0 Å². The second-order valence-corrected chi connectivity index (χ2v) is 4.51. The predicted octanol–water partition coefficient (Wildman–Crippen LogP) is 2.31. The maximum Gasteiger partial charge on any atom is 0.131 e. The summed E-state index contributed by atoms with van der Waals surface area (Å²) in [4.78, 5) is 4.51. The number of nitrogens with two attached hydrogens (primary N) is 2. The zero-order chi connectivity index (χ0) is 14.0. The van der Waals surface area contributed by atoms with E-state index in [-0.39, 0.29) is 0 Å². The molecule has 0 aliphatic carbocycles. The van der Waals surface area contributed by atoms with Gasteiger partial charge in [-0.2, -0.15) is 0 Å². The molecule has 5 nitrogen and oxygen atoms in total. The van der Waals surface area contributed by atoms with E-state index in [0.717, 1.165) is 35.8 Å². The summed E-state index contributed by atoms with van der Waals surface area (Å²) in [6, 6.07) is 5.57. The third-order valence-electron chi connectivity index (χ3n) is 3.12. The number of aromatic nitrogens is 2. The molecule has 0 atom stereocenters. The predicted molar refractivity (Wildman–Crippen MR) is 77.7 cm³/mol. The summed E-state index contributed by atoms with van der Waals surface area (Å²) >= 11 is 0. The number of anilines is 2. The normalized spacial score (nSPS) is 10.7. The average molecular weight is 260 g/mol. The number of ether oxygens (including phenoxy) is 1. The van der Waals surface area contributed by atoms with E-state index in [1.54, 1.807) is 13.2 Å². The van der Waals surface area contributed by atoms with Crippen molar-refractivity contribution < 1.29 is 4.74 Å². The van der Waals surface area contributed by atoms with Crippen LogP contribution < -0.4 is 16.2 Å². The lowest BCUT2D eigenvalue weighted by Gasteiger charge is -2.13. The van der Waals surface area contributed by atoms with E-state index in [1.807, 2.05) is 23.6 Å². The molecule has 0 unspecified atom stereocenters. The van der Waals surface area contributed by atoms with Crippen molar-refractivity contribution in [3.63, 3.8) is 0 Å². The van der Waals surface area contributed by atoms with E-state index in [9.17, 15) is 0 Å². The lowest BCUT2D eigenvalue weighted by molar-refractivity contribution is 0.415. The fourth-order valence-electron chi connectivity index (χ4n) is 2.13. The second kappa shape index (κ2) is 5.22. The number of nitrogens with zero attached hydrogens (tertiary/aromatic N) is 2. The van der Waals surface area contributed by atoms with Gasteiger partial charge in [0.15, 0.2) is 0 Å². The molecule has 0 fully saturated rings. The topological polar surface area (TPSA) is 79.1 Å². The summed E-state index contributed by atoms with van der Waals surface area (Å²) in [6.07, 6.45) is 1.87. The van der Waals surface area contributed by atoms with Gasteiger partial charge in [0, 0.05) is 12.5 Å². The van der Waals surface area contributed by atoms with Crippen LogP contribution >= 0.6 is 0 Å². The fraction of sp³-hybridized carbons (Fsp3) is 0.357. The first-order chi connectivity index (χ1) is 9.08. The Hall–Kier alpha value is -2.17. The third-order valence-corrected chi connectivity index (χ3v) is 3.12. The fourth-order valence-corrected chi connectivity index (χ4v) is 2.13. The molecule has 0 radical (unpaired) electrons. The van der Waals surface area contributed by atoms with Crippen molar-refractivity contribution >= 4 is 11.5 Å². The number of benzene rings is 1. The molecule has 1 heterocycles. The van der Waals surface area contributed by atoms with Gasteiger partial charge >= 0.3 is 0 Å². The number of hydrogen-bond donors (Lipinski definition) is 2. The smallest absolute Gasteiger partial charge is 0.131 e. The molecule has 5 heteroatoms. The van der Waals surface area contributed by atoms with Crippen LogP contribution in [0, 0.1) is 6.92 Å². The van der Waals surface area contributed by atoms with Crippen molar-refractivity contribution in [1.29, 1.82) is 0 Å². The van der Waals surface area contributed by atoms with Crippen LogP contribution in [-0.2, 0) is 6.42 Å². The molecule has 0 spiro atoms. The Balaban J connectivity index is 2.57. The van der Waals surface area contributed by atoms with E-state index in [1.165, 1.54) is 0 Å². The molecule has 0 saturated carbocycles. The molecular weight excluding hydrogens is 240 g/mol. The minimum absolute atomic E-state index is 0.626. The Morgan fingerprint density at radius 3 is 2.63 bits per heavy atom. The van der Waals surface area contributed by atoms with E-state index >= 15 is 0 Å². The first-order valence-electron chi connectivity index (χ1n) is 6.36. The van der Waals surface area contributed by atoms with Crippen LogP contribution in [0.25, 0.3) is 5.69 Å². The molecule has 2 aromatic rings. The number of nitrogen functional groups attached to an aromatic ring is 2. The van der Waals surface area contributed by atoms with E-state index in [4.69, 9.17) is 16.2 Å². The summed E-state index contributed by atoms with van der Waals surface area (Å²) in [5.41, 5.74) is 14.5. The highest BCUT2D eigenvalue weighted by molar-refractivity contribution is 5.64. The minimum atomic E-state index is 0.626. The van der Waals surface area contributed by atoms with Crippen molar-refractivity contribution in [2.75, 3.05) is 18.6 Å². The molecule has 1 aromatic heterocycles. The average Bonchev–Trinajstić information content (AvgIpc) is 2.66. The Bertz CT molecular complexity index is 589. The van der Waals surface area contributed by atoms with Crippen LogP contribution in [0.4, 0.5) is 11.5 Å². The monoisotopic (exact) mass is 260 g/mol. The summed E-state index contributed by atoms with van der Waals surface area (Å²) in [6.45, 7) is 4.02. The van der Waals surface area contributed by atoms with Crippen molar-refractivity contribution in [2.24, 2.45) is 0 Å². The first kappa shape index (κ1) is 13.3. The largest absolute Gasteiger partial charge is 0.497 e. The van der Waals surface area contributed by atoms with Gasteiger partial charge in [-0.25, -0.2) is 4.98 Å². The molecule has 102 valence electrons. The van der Waals surface area contributed by atoms with E-state index in [2.05, 4.69) is 11.9 Å². The number of imidazole rings is 1. The number of rotatable bonds is 4. The van der Waals surface area contributed by atoms with E-state index < -0.39 is 0 Å². The summed E-state index contributed by atoms with van der Waals surface area (Å²) in [5.74, 6) is 2.31. The Morgan fingerprint density at radius 2 is 2.05 bits per heavy atom. The van der Waals surface area contributed by atoms with Gasteiger partial charge in [-0.05, 0) is 25.5 Å². The van der Waals surface area contributed by atoms with Crippen molar-refractivity contribution in [1.82, 2.24) is 9.55 Å².